The van der Waals surface area contributed by atoms with Crippen molar-refractivity contribution in [3.8, 4) is 0 Å². The predicted molar refractivity (Wildman–Crippen MR) is 43.9 cm³/mol. The molecule has 2 amide bonds. The molecule has 5 heteroatoms. The highest BCUT2D eigenvalue weighted by Crippen LogP contribution is 2.22. The van der Waals surface area contributed by atoms with E-state index in [2.05, 4.69) is 4.94 Å². The molecule has 0 unspecified atom stereocenters. The molecule has 0 spiro atoms. The van der Waals surface area contributed by atoms with Gasteiger partial charge in [-0.25, -0.2) is 14.6 Å². The molecule has 72 valence electrons. The molecule has 0 bridgehead atoms. The van der Waals surface area contributed by atoms with Crippen LogP contribution in [0.2, 0.25) is 0 Å². The van der Waals surface area contributed by atoms with Crippen molar-refractivity contribution in [3.05, 3.63) is 35.4 Å². The zero-order valence-electron chi connectivity index (χ0n) is 7.07. The molecule has 1 aromatic carbocycles. The molecule has 0 aromatic heterocycles. The summed E-state index contributed by atoms with van der Waals surface area (Å²) in [4.78, 5) is 26.0. The largest absolute Gasteiger partial charge is 0.454 e. The number of imide groups is 1. The van der Waals surface area contributed by atoms with Gasteiger partial charge in [0.15, 0.2) is 0 Å². The molecule has 1 aliphatic rings. The number of fused-ring (bicyclic) bond motifs is 1. The molecule has 0 saturated heterocycles. The minimum Gasteiger partial charge on any atom is -0.268 e. The lowest BCUT2D eigenvalue weighted by Crippen LogP contribution is -2.30. The third kappa shape index (κ3) is 1.14. The summed E-state index contributed by atoms with van der Waals surface area (Å²) < 4.78 is 11.6. The second kappa shape index (κ2) is 3.10. The number of hydrogen-bond acceptors (Lipinski definition) is 3. The normalized spacial score (nSPS) is 14.1. The smallest absolute Gasteiger partial charge is 0.268 e. The first-order chi connectivity index (χ1) is 6.74. The Balaban J connectivity index is 2.35. The van der Waals surface area contributed by atoms with Crippen LogP contribution in [0.5, 0.6) is 0 Å². The van der Waals surface area contributed by atoms with Crippen molar-refractivity contribution < 1.29 is 19.1 Å². The van der Waals surface area contributed by atoms with E-state index in [1.54, 1.807) is 24.3 Å². The lowest BCUT2D eigenvalue weighted by atomic mass is 10.1. The number of carbonyl (C=O) groups is 2. The summed E-state index contributed by atoms with van der Waals surface area (Å²) in [7, 11) is 0. The van der Waals surface area contributed by atoms with E-state index in [4.69, 9.17) is 0 Å². The van der Waals surface area contributed by atoms with Crippen LogP contribution in [0.1, 0.15) is 15.9 Å². The van der Waals surface area contributed by atoms with Crippen molar-refractivity contribution in [1.29, 1.82) is 0 Å². The lowest BCUT2D eigenvalue weighted by Gasteiger charge is -2.07. The Morgan fingerprint density at radius 3 is 2.79 bits per heavy atom. The number of benzene rings is 1. The van der Waals surface area contributed by atoms with Crippen molar-refractivity contribution in [1.82, 2.24) is 4.90 Å². The molecule has 0 saturated carbocycles. The standard InChI is InChI=1S/C9H6FNO3/c10-14-9(13)11-5-6-3-1-2-4-7(6)8(11)12/h1-4H,5H2. The molecule has 1 heterocycles. The van der Waals surface area contributed by atoms with E-state index in [0.29, 0.717) is 16.0 Å². The molecule has 1 aliphatic heterocycles. The third-order valence-corrected chi connectivity index (χ3v) is 2.11. The van der Waals surface area contributed by atoms with Crippen LogP contribution < -0.4 is 0 Å². The summed E-state index contributed by atoms with van der Waals surface area (Å²) in [6, 6.07) is 6.72. The summed E-state index contributed by atoms with van der Waals surface area (Å²) in [5, 5.41) is 0. The monoisotopic (exact) mass is 195 g/mol. The van der Waals surface area contributed by atoms with Crippen molar-refractivity contribution in [2.75, 3.05) is 0 Å². The van der Waals surface area contributed by atoms with Crippen LogP contribution in [-0.4, -0.2) is 16.9 Å². The van der Waals surface area contributed by atoms with E-state index in [1.807, 2.05) is 0 Å². The van der Waals surface area contributed by atoms with Gasteiger partial charge in [-0.1, -0.05) is 18.2 Å². The average molecular weight is 195 g/mol. The maximum atomic E-state index is 11.6. The Hall–Kier alpha value is -1.91. The van der Waals surface area contributed by atoms with Crippen LogP contribution in [0, 0.1) is 0 Å². The first-order valence-electron chi connectivity index (χ1n) is 3.96. The van der Waals surface area contributed by atoms with E-state index in [0.717, 1.165) is 0 Å². The van der Waals surface area contributed by atoms with Gasteiger partial charge in [0.2, 0.25) is 0 Å². The molecule has 0 radical (unpaired) electrons. The number of amides is 2. The Morgan fingerprint density at radius 1 is 1.43 bits per heavy atom. The number of halogens is 1. The van der Waals surface area contributed by atoms with Crippen LogP contribution in [0.4, 0.5) is 9.32 Å². The molecule has 0 fully saturated rings. The number of rotatable bonds is 0. The molecule has 14 heavy (non-hydrogen) atoms. The van der Waals surface area contributed by atoms with Gasteiger partial charge in [0, 0.05) is 10.1 Å². The summed E-state index contributed by atoms with van der Waals surface area (Å²) in [6.07, 6.45) is -1.27. The quantitative estimate of drug-likeness (QED) is 0.632. The van der Waals surface area contributed by atoms with Gasteiger partial charge in [-0.05, 0) is 11.6 Å². The van der Waals surface area contributed by atoms with Gasteiger partial charge in [-0.15, -0.1) is 0 Å². The number of hydrogen-bond donors (Lipinski definition) is 0. The minimum absolute atomic E-state index is 0.0672. The molecular weight excluding hydrogens is 189 g/mol. The highest BCUT2D eigenvalue weighted by Gasteiger charge is 2.33. The maximum absolute atomic E-state index is 11.6. The summed E-state index contributed by atoms with van der Waals surface area (Å²) in [5.41, 5.74) is 1.11. The average Bonchev–Trinajstić information content (AvgIpc) is 2.56. The predicted octanol–water partition coefficient (Wildman–Crippen LogP) is 1.66. The first-order valence-corrected chi connectivity index (χ1v) is 3.96. The molecule has 1 aromatic rings. The molecule has 0 aliphatic carbocycles. The van der Waals surface area contributed by atoms with Crippen LogP contribution in [0.15, 0.2) is 24.3 Å². The Morgan fingerprint density at radius 2 is 2.14 bits per heavy atom. The Bertz CT molecular complexity index is 405. The van der Waals surface area contributed by atoms with Gasteiger partial charge in [0.05, 0.1) is 6.54 Å². The van der Waals surface area contributed by atoms with Gasteiger partial charge >= 0.3 is 6.09 Å². The van der Waals surface area contributed by atoms with Crippen molar-refractivity contribution in [3.63, 3.8) is 0 Å². The first kappa shape index (κ1) is 8.68. The summed E-state index contributed by atoms with van der Waals surface area (Å²) in [6.45, 7) is 0.0672. The van der Waals surface area contributed by atoms with Gasteiger partial charge in [0.1, 0.15) is 0 Å². The SMILES string of the molecule is O=C(OF)N1Cc2ccccc2C1=O. The lowest BCUT2D eigenvalue weighted by molar-refractivity contribution is -0.0759. The zero-order valence-corrected chi connectivity index (χ0v) is 7.07. The Labute approximate surface area is 78.8 Å². The van der Waals surface area contributed by atoms with Crippen LogP contribution in [-0.2, 0) is 11.5 Å². The van der Waals surface area contributed by atoms with E-state index < -0.39 is 12.0 Å². The number of nitrogens with zero attached hydrogens (tertiary/aromatic N) is 1. The fourth-order valence-corrected chi connectivity index (χ4v) is 1.44. The third-order valence-electron chi connectivity index (χ3n) is 2.11. The Kier molecular flexibility index (Phi) is 1.92. The topological polar surface area (TPSA) is 46.6 Å². The second-order valence-corrected chi connectivity index (χ2v) is 2.89. The van der Waals surface area contributed by atoms with Crippen LogP contribution >= 0.6 is 0 Å². The molecular formula is C9H6FNO3. The fraction of sp³-hybridized carbons (Fsp3) is 0.111. The van der Waals surface area contributed by atoms with E-state index >= 15 is 0 Å². The molecule has 4 nitrogen and oxygen atoms in total. The van der Waals surface area contributed by atoms with Crippen LogP contribution in [0.3, 0.4) is 0 Å². The zero-order chi connectivity index (χ0) is 10.1. The van der Waals surface area contributed by atoms with Crippen LogP contribution in [0.25, 0.3) is 0 Å². The molecule has 0 N–H and O–H groups in total. The van der Waals surface area contributed by atoms with Crippen molar-refractivity contribution >= 4 is 12.0 Å². The van der Waals surface area contributed by atoms with Gasteiger partial charge < -0.3 is 0 Å². The highest BCUT2D eigenvalue weighted by atomic mass is 19.3. The number of carbonyl (C=O) groups excluding carboxylic acids is 2. The van der Waals surface area contributed by atoms with E-state index in [-0.39, 0.29) is 6.54 Å². The minimum atomic E-state index is -1.27. The van der Waals surface area contributed by atoms with Gasteiger partial charge in [0.25, 0.3) is 5.91 Å². The fourth-order valence-electron chi connectivity index (χ4n) is 1.44. The summed E-state index contributed by atoms with van der Waals surface area (Å²) >= 11 is 0. The van der Waals surface area contributed by atoms with E-state index in [1.165, 1.54) is 0 Å². The van der Waals surface area contributed by atoms with Gasteiger partial charge in [-0.2, -0.15) is 0 Å². The summed E-state index contributed by atoms with van der Waals surface area (Å²) in [5.74, 6) is -0.525. The maximum Gasteiger partial charge on any atom is 0.454 e. The van der Waals surface area contributed by atoms with Crippen molar-refractivity contribution in [2.24, 2.45) is 0 Å². The molecule has 0 atom stereocenters. The highest BCUT2D eigenvalue weighted by molar-refractivity contribution is 6.06. The second-order valence-electron chi connectivity index (χ2n) is 2.89. The van der Waals surface area contributed by atoms with Gasteiger partial charge in [-0.3, -0.25) is 4.79 Å². The molecule has 2 rings (SSSR count). The van der Waals surface area contributed by atoms with E-state index in [9.17, 15) is 14.1 Å². The van der Waals surface area contributed by atoms with Crippen molar-refractivity contribution in [2.45, 2.75) is 6.54 Å².